The lowest BCUT2D eigenvalue weighted by atomic mass is 10.1. The molecule has 0 aliphatic heterocycles. The second-order valence-corrected chi connectivity index (χ2v) is 5.48. The lowest BCUT2D eigenvalue weighted by Gasteiger charge is -2.14. The maximum atomic E-state index is 11.4. The van der Waals surface area contributed by atoms with Gasteiger partial charge in [0.2, 0.25) is 5.91 Å². The summed E-state index contributed by atoms with van der Waals surface area (Å²) in [7, 11) is 3.51. The summed E-state index contributed by atoms with van der Waals surface area (Å²) in [6.07, 6.45) is 1.20. The number of amides is 1. The van der Waals surface area contributed by atoms with E-state index in [2.05, 4.69) is 0 Å². The van der Waals surface area contributed by atoms with Crippen LogP contribution in [0.5, 0.6) is 5.75 Å². The third kappa shape index (κ3) is 4.49. The Kier molecular flexibility index (Phi) is 5.95. The van der Waals surface area contributed by atoms with Crippen LogP contribution in [0.2, 0.25) is 0 Å². The molecule has 1 aromatic rings. The molecule has 0 spiro atoms. The van der Waals surface area contributed by atoms with Crippen LogP contribution < -0.4 is 10.5 Å². The molecule has 20 heavy (non-hydrogen) atoms. The maximum Gasteiger partial charge on any atom is 0.222 e. The minimum atomic E-state index is 0.117. The van der Waals surface area contributed by atoms with Crippen LogP contribution in [0.3, 0.4) is 0 Å². The van der Waals surface area contributed by atoms with E-state index in [1.54, 1.807) is 19.0 Å². The second-order valence-electron chi connectivity index (χ2n) is 5.04. The fraction of sp³-hybridized carbons (Fsp3) is 0.467. The Hall–Kier alpha value is -1.62. The zero-order chi connectivity index (χ0) is 15.3. The van der Waals surface area contributed by atoms with Gasteiger partial charge in [-0.1, -0.05) is 12.2 Å². The molecule has 0 radical (unpaired) electrons. The lowest BCUT2D eigenvalue weighted by Crippen LogP contribution is -2.21. The summed E-state index contributed by atoms with van der Waals surface area (Å²) in [6.45, 7) is 4.46. The first-order valence-corrected chi connectivity index (χ1v) is 6.97. The van der Waals surface area contributed by atoms with Gasteiger partial charge in [0.1, 0.15) is 10.7 Å². The smallest absolute Gasteiger partial charge is 0.222 e. The van der Waals surface area contributed by atoms with E-state index < -0.39 is 0 Å². The number of aryl methyl sites for hydroxylation is 2. The van der Waals surface area contributed by atoms with Crippen molar-refractivity contribution in [1.82, 2.24) is 4.90 Å². The lowest BCUT2D eigenvalue weighted by molar-refractivity contribution is -0.128. The molecule has 2 N–H and O–H groups in total. The molecule has 1 aromatic carbocycles. The molecule has 0 aliphatic carbocycles. The summed E-state index contributed by atoms with van der Waals surface area (Å²) in [6, 6.07) is 3.85. The highest BCUT2D eigenvalue weighted by Crippen LogP contribution is 2.25. The molecule has 0 aromatic heterocycles. The summed E-state index contributed by atoms with van der Waals surface area (Å²) in [5, 5.41) is 0. The number of thiocarbonyl (C=S) groups is 1. The number of hydrogen-bond donors (Lipinski definition) is 1. The predicted octanol–water partition coefficient (Wildman–Crippen LogP) is 2.18. The van der Waals surface area contributed by atoms with Gasteiger partial charge < -0.3 is 15.4 Å². The van der Waals surface area contributed by atoms with Crippen molar-refractivity contribution in [2.24, 2.45) is 5.73 Å². The van der Waals surface area contributed by atoms with Gasteiger partial charge in [0.05, 0.1) is 6.61 Å². The summed E-state index contributed by atoms with van der Waals surface area (Å²) in [4.78, 5) is 13.4. The SMILES string of the molecule is Cc1cc(C(N)=S)cc(C)c1OCCCC(=O)N(C)C. The molecule has 1 amide bonds. The largest absolute Gasteiger partial charge is 0.493 e. The molecular formula is C15H22N2O2S. The van der Waals surface area contributed by atoms with Gasteiger partial charge in [0.25, 0.3) is 0 Å². The minimum absolute atomic E-state index is 0.117. The first-order valence-electron chi connectivity index (χ1n) is 6.57. The van der Waals surface area contributed by atoms with Crippen LogP contribution in [-0.2, 0) is 4.79 Å². The third-order valence-electron chi connectivity index (χ3n) is 3.03. The first kappa shape index (κ1) is 16.4. The molecule has 0 fully saturated rings. The number of nitrogens with two attached hydrogens (primary N) is 1. The first-order chi connectivity index (χ1) is 9.32. The van der Waals surface area contributed by atoms with Gasteiger partial charge in [-0.15, -0.1) is 0 Å². The van der Waals surface area contributed by atoms with Crippen molar-refractivity contribution in [2.75, 3.05) is 20.7 Å². The van der Waals surface area contributed by atoms with E-state index in [0.29, 0.717) is 24.4 Å². The maximum absolute atomic E-state index is 11.4. The number of nitrogens with zero attached hydrogens (tertiary/aromatic N) is 1. The molecule has 0 saturated carbocycles. The van der Waals surface area contributed by atoms with Crippen molar-refractivity contribution in [3.8, 4) is 5.75 Å². The van der Waals surface area contributed by atoms with E-state index in [0.717, 1.165) is 22.4 Å². The van der Waals surface area contributed by atoms with E-state index in [1.165, 1.54) is 0 Å². The number of rotatable bonds is 6. The Morgan fingerprint density at radius 1 is 1.30 bits per heavy atom. The normalized spacial score (nSPS) is 10.2. The van der Waals surface area contributed by atoms with E-state index in [9.17, 15) is 4.79 Å². The average Bonchev–Trinajstić information content (AvgIpc) is 2.36. The fourth-order valence-corrected chi connectivity index (χ4v) is 2.06. The van der Waals surface area contributed by atoms with Gasteiger partial charge in [-0.2, -0.15) is 0 Å². The van der Waals surface area contributed by atoms with Crippen molar-refractivity contribution in [3.05, 3.63) is 28.8 Å². The van der Waals surface area contributed by atoms with Crippen molar-refractivity contribution < 1.29 is 9.53 Å². The fourth-order valence-electron chi connectivity index (χ4n) is 1.94. The molecular weight excluding hydrogens is 272 g/mol. The Balaban J connectivity index is 2.61. The number of carbonyl (C=O) groups is 1. The molecule has 110 valence electrons. The van der Waals surface area contributed by atoms with Gasteiger partial charge in [-0.05, 0) is 43.5 Å². The topological polar surface area (TPSA) is 55.6 Å². The van der Waals surface area contributed by atoms with Crippen molar-refractivity contribution in [2.45, 2.75) is 26.7 Å². The number of carbonyl (C=O) groups excluding carboxylic acids is 1. The predicted molar refractivity (Wildman–Crippen MR) is 85.2 cm³/mol. The Labute approximate surface area is 125 Å². The van der Waals surface area contributed by atoms with Crippen LogP contribution in [0.25, 0.3) is 0 Å². The van der Waals surface area contributed by atoms with Crippen LogP contribution in [0, 0.1) is 13.8 Å². The monoisotopic (exact) mass is 294 g/mol. The summed E-state index contributed by atoms with van der Waals surface area (Å²) in [5.41, 5.74) is 8.50. The van der Waals surface area contributed by atoms with Crippen LogP contribution >= 0.6 is 12.2 Å². The Morgan fingerprint density at radius 3 is 2.30 bits per heavy atom. The minimum Gasteiger partial charge on any atom is -0.493 e. The van der Waals surface area contributed by atoms with Gasteiger partial charge in [-0.3, -0.25) is 4.79 Å². The molecule has 5 heteroatoms. The molecule has 0 bridgehead atoms. The van der Waals surface area contributed by atoms with Crippen LogP contribution in [0.4, 0.5) is 0 Å². The molecule has 0 saturated heterocycles. The number of ether oxygens (including phenoxy) is 1. The molecule has 0 aliphatic rings. The molecule has 0 heterocycles. The Bertz CT molecular complexity index is 490. The van der Waals surface area contributed by atoms with Gasteiger partial charge in [0.15, 0.2) is 0 Å². The highest BCUT2D eigenvalue weighted by atomic mass is 32.1. The molecule has 4 nitrogen and oxygen atoms in total. The van der Waals surface area contributed by atoms with Gasteiger partial charge in [-0.25, -0.2) is 0 Å². The summed E-state index contributed by atoms with van der Waals surface area (Å²) in [5.74, 6) is 0.966. The van der Waals surface area contributed by atoms with Crippen LogP contribution in [0.1, 0.15) is 29.5 Å². The van der Waals surface area contributed by atoms with E-state index in [1.807, 2.05) is 26.0 Å². The van der Waals surface area contributed by atoms with Crippen molar-refractivity contribution in [1.29, 1.82) is 0 Å². The number of hydrogen-bond acceptors (Lipinski definition) is 3. The second kappa shape index (κ2) is 7.24. The zero-order valence-electron chi connectivity index (χ0n) is 12.5. The van der Waals surface area contributed by atoms with Crippen LogP contribution in [0.15, 0.2) is 12.1 Å². The van der Waals surface area contributed by atoms with Crippen molar-refractivity contribution >= 4 is 23.1 Å². The Morgan fingerprint density at radius 2 is 1.85 bits per heavy atom. The summed E-state index contributed by atoms with van der Waals surface area (Å²) < 4.78 is 5.78. The number of benzene rings is 1. The van der Waals surface area contributed by atoms with Crippen LogP contribution in [-0.4, -0.2) is 36.5 Å². The average molecular weight is 294 g/mol. The van der Waals surface area contributed by atoms with E-state index in [-0.39, 0.29) is 5.91 Å². The molecule has 0 unspecified atom stereocenters. The van der Waals surface area contributed by atoms with E-state index in [4.69, 9.17) is 22.7 Å². The molecule has 1 rings (SSSR count). The quantitative estimate of drug-likeness (QED) is 0.645. The molecule has 0 atom stereocenters. The zero-order valence-corrected chi connectivity index (χ0v) is 13.3. The van der Waals surface area contributed by atoms with Crippen molar-refractivity contribution in [3.63, 3.8) is 0 Å². The third-order valence-corrected chi connectivity index (χ3v) is 3.26. The van der Waals surface area contributed by atoms with Gasteiger partial charge >= 0.3 is 0 Å². The highest BCUT2D eigenvalue weighted by molar-refractivity contribution is 7.80. The van der Waals surface area contributed by atoms with E-state index >= 15 is 0 Å². The van der Waals surface area contributed by atoms with Gasteiger partial charge in [0, 0.05) is 26.1 Å². The summed E-state index contributed by atoms with van der Waals surface area (Å²) >= 11 is 4.98. The standard InChI is InChI=1S/C15H22N2O2S/c1-10-8-12(15(16)20)9-11(2)14(10)19-7-5-6-13(18)17(3)4/h8-9H,5-7H2,1-4H3,(H2,16,20). The highest BCUT2D eigenvalue weighted by Gasteiger charge is 2.09.